The number of aliphatic hydroxyl groups is 1. The molecule has 3 aromatic carbocycles. The van der Waals surface area contributed by atoms with E-state index in [-0.39, 0.29) is 17.4 Å². The van der Waals surface area contributed by atoms with Crippen molar-refractivity contribution in [3.63, 3.8) is 0 Å². The van der Waals surface area contributed by atoms with Gasteiger partial charge in [-0.05, 0) is 80.4 Å². The molecule has 0 saturated carbocycles. The van der Waals surface area contributed by atoms with Gasteiger partial charge in [0.25, 0.3) is 5.78 Å². The van der Waals surface area contributed by atoms with Crippen molar-refractivity contribution in [3.05, 3.63) is 76.9 Å². The van der Waals surface area contributed by atoms with Gasteiger partial charge in [-0.25, -0.2) is 4.98 Å². The minimum Gasteiger partial charge on any atom is -0.507 e. The van der Waals surface area contributed by atoms with Gasteiger partial charge in [0.05, 0.1) is 42.2 Å². The predicted octanol–water partition coefficient (Wildman–Crippen LogP) is 6.05. The molecule has 1 saturated heterocycles. The third-order valence-electron chi connectivity index (χ3n) is 7.28. The number of anilines is 1. The van der Waals surface area contributed by atoms with Crippen LogP contribution in [0.25, 0.3) is 16.0 Å². The van der Waals surface area contributed by atoms with Crippen LogP contribution >= 0.6 is 11.3 Å². The standard InChI is InChI=1S/C32H30N2O7S/c1-5-39-21-9-10-22-26(16-21)42-32(33-22)34-28(18-7-12-24(40-6-2)25(15-18)38-4)27(30(36)31(34)37)29(35)19-8-11-23-20(14-19)13-17(3)41-23/h7-12,14-17,28,35H,5-6,13H2,1-4H3/b29-27+. The first-order valence-electron chi connectivity index (χ1n) is 13.8. The van der Waals surface area contributed by atoms with Crippen molar-refractivity contribution >= 4 is 44.1 Å². The van der Waals surface area contributed by atoms with Crippen LogP contribution in [0.5, 0.6) is 23.0 Å². The molecule has 42 heavy (non-hydrogen) atoms. The summed E-state index contributed by atoms with van der Waals surface area (Å²) in [7, 11) is 1.52. The average molecular weight is 587 g/mol. The Balaban J connectivity index is 1.53. The number of benzene rings is 3. The predicted molar refractivity (Wildman–Crippen MR) is 160 cm³/mol. The van der Waals surface area contributed by atoms with Crippen LogP contribution < -0.4 is 23.8 Å². The van der Waals surface area contributed by atoms with Gasteiger partial charge in [0.15, 0.2) is 16.6 Å². The Kier molecular flexibility index (Phi) is 7.24. The van der Waals surface area contributed by atoms with E-state index in [0.717, 1.165) is 16.0 Å². The van der Waals surface area contributed by atoms with Gasteiger partial charge in [0.2, 0.25) is 0 Å². The van der Waals surface area contributed by atoms with Crippen LogP contribution in [0.2, 0.25) is 0 Å². The van der Waals surface area contributed by atoms with Crippen molar-refractivity contribution < 1.29 is 33.6 Å². The lowest BCUT2D eigenvalue weighted by molar-refractivity contribution is -0.132. The lowest BCUT2D eigenvalue weighted by atomic mass is 9.94. The van der Waals surface area contributed by atoms with Gasteiger partial charge in [0.1, 0.15) is 23.4 Å². The second kappa shape index (κ2) is 11.0. The summed E-state index contributed by atoms with van der Waals surface area (Å²) in [5.74, 6) is 0.543. The Bertz CT molecular complexity index is 1740. The summed E-state index contributed by atoms with van der Waals surface area (Å²) in [6.45, 7) is 6.69. The molecular formula is C32H30N2O7S. The number of amides is 1. The van der Waals surface area contributed by atoms with Crippen molar-refractivity contribution in [3.8, 4) is 23.0 Å². The van der Waals surface area contributed by atoms with E-state index in [1.165, 1.54) is 23.3 Å². The Labute approximate surface area is 246 Å². The number of aliphatic hydroxyl groups excluding tert-OH is 1. The minimum absolute atomic E-state index is 0.0153. The summed E-state index contributed by atoms with van der Waals surface area (Å²) in [6.07, 6.45) is 0.696. The first-order chi connectivity index (χ1) is 20.3. The van der Waals surface area contributed by atoms with Crippen LogP contribution in [0, 0.1) is 0 Å². The zero-order valence-corrected chi connectivity index (χ0v) is 24.5. The number of ketones is 1. The molecule has 9 nitrogen and oxygen atoms in total. The van der Waals surface area contributed by atoms with Crippen molar-refractivity contribution in [2.75, 3.05) is 25.2 Å². The average Bonchev–Trinajstić information content (AvgIpc) is 3.65. The Hall–Kier alpha value is -4.57. The number of rotatable bonds is 8. The van der Waals surface area contributed by atoms with Crippen LogP contribution in [-0.2, 0) is 16.0 Å². The van der Waals surface area contributed by atoms with E-state index in [0.29, 0.717) is 58.7 Å². The summed E-state index contributed by atoms with van der Waals surface area (Å²) in [5.41, 5.74) is 2.54. The molecule has 0 spiro atoms. The number of ether oxygens (including phenoxy) is 4. The summed E-state index contributed by atoms with van der Waals surface area (Å²) >= 11 is 1.27. The van der Waals surface area contributed by atoms with E-state index in [1.807, 2.05) is 45.0 Å². The number of thiazole rings is 1. The van der Waals surface area contributed by atoms with Crippen LogP contribution in [0.1, 0.15) is 43.5 Å². The molecule has 1 aromatic heterocycles. The molecule has 6 rings (SSSR count). The van der Waals surface area contributed by atoms with Gasteiger partial charge in [-0.2, -0.15) is 0 Å². The fraction of sp³-hybridized carbons (Fsp3) is 0.281. The SMILES string of the molecule is CCOc1ccc2nc(N3C(=O)C(=O)/C(=C(/O)c4ccc5c(c4)CC(C)O5)C3c3ccc(OCC)c(OC)c3)sc2c1. The van der Waals surface area contributed by atoms with Gasteiger partial charge in [-0.15, -0.1) is 0 Å². The number of aromatic nitrogens is 1. The monoisotopic (exact) mass is 586 g/mol. The number of Topliss-reactive ketones (excluding diaryl/α,β-unsaturated/α-hetero) is 1. The molecule has 2 atom stereocenters. The summed E-state index contributed by atoms with van der Waals surface area (Å²) < 4.78 is 23.5. The van der Waals surface area contributed by atoms with Gasteiger partial charge in [-0.1, -0.05) is 17.4 Å². The zero-order valence-electron chi connectivity index (χ0n) is 23.7. The van der Waals surface area contributed by atoms with Gasteiger partial charge in [-0.3, -0.25) is 14.5 Å². The van der Waals surface area contributed by atoms with E-state index in [9.17, 15) is 14.7 Å². The van der Waals surface area contributed by atoms with E-state index < -0.39 is 17.7 Å². The number of hydrogen-bond acceptors (Lipinski definition) is 9. The third-order valence-corrected chi connectivity index (χ3v) is 8.30. The van der Waals surface area contributed by atoms with Crippen molar-refractivity contribution in [2.24, 2.45) is 0 Å². The first kappa shape index (κ1) is 27.6. The number of fused-ring (bicyclic) bond motifs is 2. The van der Waals surface area contributed by atoms with Gasteiger partial charge >= 0.3 is 5.91 Å². The molecule has 1 N–H and O–H groups in total. The lowest BCUT2D eigenvalue weighted by Crippen LogP contribution is -2.29. The van der Waals surface area contributed by atoms with E-state index in [1.54, 1.807) is 30.3 Å². The molecule has 0 radical (unpaired) electrons. The second-order valence-electron chi connectivity index (χ2n) is 10.0. The Morgan fingerprint density at radius 3 is 2.62 bits per heavy atom. The molecule has 0 aliphatic carbocycles. The maximum atomic E-state index is 13.7. The first-order valence-corrected chi connectivity index (χ1v) is 14.6. The fourth-order valence-corrected chi connectivity index (χ4v) is 6.47. The third kappa shape index (κ3) is 4.71. The summed E-state index contributed by atoms with van der Waals surface area (Å²) in [5, 5.41) is 12.0. The number of carbonyl (C=O) groups is 2. The highest BCUT2D eigenvalue weighted by atomic mass is 32.1. The number of methoxy groups -OCH3 is 1. The number of carbonyl (C=O) groups excluding carboxylic acids is 2. The highest BCUT2D eigenvalue weighted by Gasteiger charge is 2.48. The minimum atomic E-state index is -0.968. The molecule has 1 fully saturated rings. The van der Waals surface area contributed by atoms with E-state index in [2.05, 4.69) is 0 Å². The molecular weight excluding hydrogens is 556 g/mol. The van der Waals surface area contributed by atoms with E-state index >= 15 is 0 Å². The van der Waals surface area contributed by atoms with Gasteiger partial charge < -0.3 is 24.1 Å². The summed E-state index contributed by atoms with van der Waals surface area (Å²) in [4.78, 5) is 33.5. The smallest absolute Gasteiger partial charge is 0.301 e. The second-order valence-corrected chi connectivity index (χ2v) is 11.0. The van der Waals surface area contributed by atoms with Gasteiger partial charge in [0, 0.05) is 12.0 Å². The van der Waals surface area contributed by atoms with E-state index in [4.69, 9.17) is 23.9 Å². The fourth-order valence-electron chi connectivity index (χ4n) is 5.45. The molecule has 0 bridgehead atoms. The van der Waals surface area contributed by atoms with Crippen LogP contribution in [0.3, 0.4) is 0 Å². The molecule has 2 aliphatic rings. The lowest BCUT2D eigenvalue weighted by Gasteiger charge is -2.24. The van der Waals surface area contributed by atoms with Crippen molar-refractivity contribution in [1.29, 1.82) is 0 Å². The quantitative estimate of drug-likeness (QED) is 0.151. The maximum absolute atomic E-state index is 13.7. The largest absolute Gasteiger partial charge is 0.507 e. The molecule has 216 valence electrons. The maximum Gasteiger partial charge on any atom is 0.301 e. The molecule has 2 unspecified atom stereocenters. The van der Waals surface area contributed by atoms with Crippen molar-refractivity contribution in [2.45, 2.75) is 39.3 Å². The molecule has 10 heteroatoms. The molecule has 1 amide bonds. The van der Waals surface area contributed by atoms with Crippen LogP contribution in [0.15, 0.2) is 60.2 Å². The topological polar surface area (TPSA) is 107 Å². The zero-order chi connectivity index (χ0) is 29.5. The highest BCUT2D eigenvalue weighted by molar-refractivity contribution is 7.22. The van der Waals surface area contributed by atoms with Crippen LogP contribution in [-0.4, -0.2) is 48.2 Å². The normalized spacial score (nSPS) is 19.2. The number of nitrogens with zero attached hydrogens (tertiary/aromatic N) is 2. The molecule has 2 aliphatic heterocycles. The summed E-state index contributed by atoms with van der Waals surface area (Å²) in [6, 6.07) is 15.0. The Morgan fingerprint density at radius 1 is 1.05 bits per heavy atom. The van der Waals surface area contributed by atoms with Crippen molar-refractivity contribution in [1.82, 2.24) is 4.98 Å². The number of hydrogen-bond donors (Lipinski definition) is 1. The van der Waals surface area contributed by atoms with Crippen LogP contribution in [0.4, 0.5) is 5.13 Å². The highest BCUT2D eigenvalue weighted by Crippen LogP contribution is 2.46. The molecule has 4 aromatic rings. The molecule has 3 heterocycles. The Morgan fingerprint density at radius 2 is 1.86 bits per heavy atom.